The molecule has 0 amide bonds. The zero-order valence-corrected chi connectivity index (χ0v) is 14.0. The fourth-order valence-corrected chi connectivity index (χ4v) is 2.72. The maximum atomic E-state index is 14.3. The minimum absolute atomic E-state index is 0.0129. The average molecular weight is 362 g/mol. The molecule has 0 aliphatic carbocycles. The number of rotatable bonds is 6. The fraction of sp³-hybridized carbons (Fsp3) is 0.235. The third-order valence-electron chi connectivity index (χ3n) is 3.90. The van der Waals surface area contributed by atoms with Gasteiger partial charge in [-0.2, -0.15) is 0 Å². The Morgan fingerprint density at radius 3 is 2.73 bits per heavy atom. The van der Waals surface area contributed by atoms with E-state index in [0.29, 0.717) is 6.07 Å². The van der Waals surface area contributed by atoms with Gasteiger partial charge in [0, 0.05) is 19.7 Å². The summed E-state index contributed by atoms with van der Waals surface area (Å²) in [5.74, 6) is -1.72. The van der Waals surface area contributed by atoms with Crippen LogP contribution in [0.25, 0.3) is 16.9 Å². The molecule has 7 nitrogen and oxygen atoms in total. The van der Waals surface area contributed by atoms with E-state index in [2.05, 4.69) is 11.6 Å². The van der Waals surface area contributed by atoms with Gasteiger partial charge in [-0.05, 0) is 12.1 Å². The molecule has 9 heteroatoms. The van der Waals surface area contributed by atoms with Gasteiger partial charge in [0.2, 0.25) is 0 Å². The zero-order chi connectivity index (χ0) is 18.8. The third-order valence-corrected chi connectivity index (χ3v) is 3.90. The van der Waals surface area contributed by atoms with Crippen molar-refractivity contribution in [1.29, 1.82) is 0 Å². The van der Waals surface area contributed by atoms with Crippen LogP contribution in [-0.4, -0.2) is 32.4 Å². The van der Waals surface area contributed by atoms with Crippen molar-refractivity contribution in [1.82, 2.24) is 18.7 Å². The van der Waals surface area contributed by atoms with E-state index in [0.717, 1.165) is 21.3 Å². The number of hydrogen-bond donors (Lipinski definition) is 0. The summed E-state index contributed by atoms with van der Waals surface area (Å²) in [6, 6.07) is 2.82. The van der Waals surface area contributed by atoms with Crippen LogP contribution in [-0.2, 0) is 17.8 Å². The number of allylic oxidation sites excluding steroid dienone is 1. The van der Waals surface area contributed by atoms with Crippen molar-refractivity contribution in [3.8, 4) is 5.69 Å². The number of imidazole rings is 1. The molecule has 0 atom stereocenters. The minimum Gasteiger partial charge on any atom is -0.383 e. The summed E-state index contributed by atoms with van der Waals surface area (Å²) in [4.78, 5) is 29.7. The molecular formula is C17H16F2N4O3. The summed E-state index contributed by atoms with van der Waals surface area (Å²) in [5.41, 5.74) is -1.45. The molecule has 0 aliphatic heterocycles. The van der Waals surface area contributed by atoms with Crippen LogP contribution in [0.4, 0.5) is 8.78 Å². The van der Waals surface area contributed by atoms with Crippen molar-refractivity contribution < 1.29 is 13.5 Å². The van der Waals surface area contributed by atoms with Gasteiger partial charge >= 0.3 is 5.69 Å². The quantitative estimate of drug-likeness (QED) is 0.623. The maximum absolute atomic E-state index is 14.3. The molecule has 0 unspecified atom stereocenters. The van der Waals surface area contributed by atoms with Crippen LogP contribution in [0.1, 0.15) is 0 Å². The Bertz CT molecular complexity index is 1100. The fourth-order valence-electron chi connectivity index (χ4n) is 2.72. The lowest BCUT2D eigenvalue weighted by atomic mass is 10.3. The Morgan fingerprint density at radius 2 is 2.08 bits per heavy atom. The highest BCUT2D eigenvalue weighted by atomic mass is 19.1. The van der Waals surface area contributed by atoms with Gasteiger partial charge in [-0.1, -0.05) is 6.08 Å². The van der Waals surface area contributed by atoms with E-state index >= 15 is 0 Å². The predicted molar refractivity (Wildman–Crippen MR) is 91.6 cm³/mol. The first-order valence-electron chi connectivity index (χ1n) is 7.75. The van der Waals surface area contributed by atoms with E-state index in [1.54, 1.807) is 6.08 Å². The van der Waals surface area contributed by atoms with Gasteiger partial charge in [0.05, 0.1) is 25.2 Å². The van der Waals surface area contributed by atoms with Crippen molar-refractivity contribution in [2.24, 2.45) is 0 Å². The van der Waals surface area contributed by atoms with Gasteiger partial charge < -0.3 is 9.30 Å². The zero-order valence-electron chi connectivity index (χ0n) is 14.0. The van der Waals surface area contributed by atoms with Crippen LogP contribution in [0.2, 0.25) is 0 Å². The number of ether oxygens (including phenoxy) is 1. The second-order valence-electron chi connectivity index (χ2n) is 5.52. The predicted octanol–water partition coefficient (Wildman–Crippen LogP) is 1.46. The molecule has 26 heavy (non-hydrogen) atoms. The summed E-state index contributed by atoms with van der Waals surface area (Å²) in [5, 5.41) is 0. The number of fused-ring (bicyclic) bond motifs is 1. The number of aromatic nitrogens is 4. The molecule has 136 valence electrons. The molecule has 0 spiro atoms. The molecule has 1 aromatic carbocycles. The Hall–Kier alpha value is -3.07. The van der Waals surface area contributed by atoms with E-state index in [4.69, 9.17) is 4.74 Å². The number of methoxy groups -OCH3 is 1. The van der Waals surface area contributed by atoms with Gasteiger partial charge in [0.25, 0.3) is 5.56 Å². The lowest BCUT2D eigenvalue weighted by Gasteiger charge is -2.12. The van der Waals surface area contributed by atoms with E-state index in [-0.39, 0.29) is 36.5 Å². The number of benzene rings is 1. The maximum Gasteiger partial charge on any atom is 0.337 e. The molecule has 3 rings (SSSR count). The van der Waals surface area contributed by atoms with Crippen LogP contribution in [0.5, 0.6) is 0 Å². The van der Waals surface area contributed by atoms with Crippen LogP contribution >= 0.6 is 0 Å². The van der Waals surface area contributed by atoms with Gasteiger partial charge in [0.15, 0.2) is 11.2 Å². The van der Waals surface area contributed by atoms with Gasteiger partial charge in [0.1, 0.15) is 11.6 Å². The van der Waals surface area contributed by atoms with Gasteiger partial charge in [-0.3, -0.25) is 9.36 Å². The smallest absolute Gasteiger partial charge is 0.337 e. The first kappa shape index (κ1) is 17.7. The standard InChI is InChI=1S/C17H16F2N4O3/c1-3-6-21-10-20-15-14(21)16(24)22(7-8-26-2)17(25)23(15)13-5-4-11(18)9-12(13)19/h3-5,9-10H,1,6-8H2,2H3. The summed E-state index contributed by atoms with van der Waals surface area (Å²) >= 11 is 0. The molecule has 0 saturated carbocycles. The molecule has 2 aromatic heterocycles. The van der Waals surface area contributed by atoms with Crippen LogP contribution < -0.4 is 11.2 Å². The molecule has 0 radical (unpaired) electrons. The summed E-state index contributed by atoms with van der Waals surface area (Å²) < 4.78 is 35.9. The van der Waals surface area contributed by atoms with Crippen molar-refractivity contribution in [2.75, 3.05) is 13.7 Å². The number of hydrogen-bond acceptors (Lipinski definition) is 4. The first-order chi connectivity index (χ1) is 12.5. The third kappa shape index (κ3) is 2.86. The van der Waals surface area contributed by atoms with E-state index in [1.165, 1.54) is 18.0 Å². The monoisotopic (exact) mass is 362 g/mol. The van der Waals surface area contributed by atoms with Crippen molar-refractivity contribution in [2.45, 2.75) is 13.1 Å². The Balaban J connectivity index is 2.42. The molecule has 0 saturated heterocycles. The SMILES string of the molecule is C=CCn1cnc2c1c(=O)n(CCOC)c(=O)n2-c1ccc(F)cc1F. The Kier molecular flexibility index (Phi) is 4.81. The summed E-state index contributed by atoms with van der Waals surface area (Å²) in [6.07, 6.45) is 2.93. The highest BCUT2D eigenvalue weighted by Gasteiger charge is 2.20. The molecule has 2 heterocycles. The number of nitrogens with zero attached hydrogens (tertiary/aromatic N) is 4. The highest BCUT2D eigenvalue weighted by molar-refractivity contribution is 5.72. The molecule has 0 fully saturated rings. The van der Waals surface area contributed by atoms with E-state index in [9.17, 15) is 18.4 Å². The van der Waals surface area contributed by atoms with Crippen LogP contribution in [0.3, 0.4) is 0 Å². The van der Waals surface area contributed by atoms with Crippen LogP contribution in [0, 0.1) is 11.6 Å². The van der Waals surface area contributed by atoms with Gasteiger partial charge in [-0.15, -0.1) is 6.58 Å². The van der Waals surface area contributed by atoms with Crippen molar-refractivity contribution in [3.05, 3.63) is 69.7 Å². The molecular weight excluding hydrogens is 346 g/mol. The lowest BCUT2D eigenvalue weighted by molar-refractivity contribution is 0.184. The average Bonchev–Trinajstić information content (AvgIpc) is 3.01. The van der Waals surface area contributed by atoms with Crippen LogP contribution in [0.15, 0.2) is 46.8 Å². The van der Waals surface area contributed by atoms with Crippen molar-refractivity contribution in [3.63, 3.8) is 0 Å². The lowest BCUT2D eigenvalue weighted by Crippen LogP contribution is -2.41. The first-order valence-corrected chi connectivity index (χ1v) is 7.75. The normalized spacial score (nSPS) is 11.2. The molecule has 3 aromatic rings. The van der Waals surface area contributed by atoms with Crippen molar-refractivity contribution >= 4 is 11.2 Å². The summed E-state index contributed by atoms with van der Waals surface area (Å²) in [7, 11) is 1.43. The molecule has 0 N–H and O–H groups in total. The summed E-state index contributed by atoms with van der Waals surface area (Å²) in [6.45, 7) is 3.99. The largest absolute Gasteiger partial charge is 0.383 e. The molecule has 0 aliphatic rings. The highest BCUT2D eigenvalue weighted by Crippen LogP contribution is 2.17. The Morgan fingerprint density at radius 1 is 1.31 bits per heavy atom. The topological polar surface area (TPSA) is 71.1 Å². The second-order valence-corrected chi connectivity index (χ2v) is 5.52. The second kappa shape index (κ2) is 7.04. The van der Waals surface area contributed by atoms with Gasteiger partial charge in [-0.25, -0.2) is 23.1 Å². The Labute approximate surface area is 146 Å². The molecule has 0 bridgehead atoms. The van der Waals surface area contributed by atoms with E-state index in [1.807, 2.05) is 0 Å². The van der Waals surface area contributed by atoms with E-state index < -0.39 is 22.9 Å². The number of halogens is 2. The minimum atomic E-state index is -0.941.